The van der Waals surface area contributed by atoms with E-state index in [1.807, 2.05) is 12.1 Å². The minimum atomic E-state index is -0.311. The number of aromatic nitrogens is 2. The smallest absolute Gasteiger partial charge is 0.261 e. The number of benzene rings is 2. The zero-order valence-corrected chi connectivity index (χ0v) is 10.3. The van der Waals surface area contributed by atoms with E-state index in [0.29, 0.717) is 22.3 Å². The monoisotopic (exact) mass is 254 g/mol. The van der Waals surface area contributed by atoms with E-state index in [-0.39, 0.29) is 11.4 Å². The molecule has 0 saturated heterocycles. The van der Waals surface area contributed by atoms with Gasteiger partial charge in [0.1, 0.15) is 11.6 Å². The summed E-state index contributed by atoms with van der Waals surface area (Å²) in [5.74, 6) is 0.221. The maximum absolute atomic E-state index is 12.9. The van der Waals surface area contributed by atoms with E-state index >= 15 is 0 Å². The van der Waals surface area contributed by atoms with Gasteiger partial charge in [-0.2, -0.15) is 0 Å². The van der Waals surface area contributed by atoms with Gasteiger partial charge >= 0.3 is 0 Å². The molecule has 4 heteroatoms. The van der Waals surface area contributed by atoms with Crippen LogP contribution in [-0.4, -0.2) is 9.55 Å². The van der Waals surface area contributed by atoms with Gasteiger partial charge in [0.2, 0.25) is 0 Å². The highest BCUT2D eigenvalue weighted by Gasteiger charge is 2.09. The molecule has 3 aromatic rings. The number of hydrogen-bond acceptors (Lipinski definition) is 2. The van der Waals surface area contributed by atoms with Crippen LogP contribution in [-0.2, 0) is 7.05 Å². The zero-order valence-electron chi connectivity index (χ0n) is 10.3. The molecule has 0 unspecified atom stereocenters. The molecule has 0 aliphatic heterocycles. The Kier molecular flexibility index (Phi) is 2.63. The van der Waals surface area contributed by atoms with Gasteiger partial charge in [0.05, 0.1) is 10.9 Å². The second-order valence-electron chi connectivity index (χ2n) is 4.32. The second kappa shape index (κ2) is 4.31. The lowest BCUT2D eigenvalue weighted by molar-refractivity contribution is 0.628. The highest BCUT2D eigenvalue weighted by atomic mass is 19.1. The summed E-state index contributed by atoms with van der Waals surface area (Å²) in [5, 5.41) is 0.580. The number of hydrogen-bond donors (Lipinski definition) is 0. The fourth-order valence-electron chi connectivity index (χ4n) is 2.08. The summed E-state index contributed by atoms with van der Waals surface area (Å²) < 4.78 is 14.4. The molecule has 0 radical (unpaired) electrons. The lowest BCUT2D eigenvalue weighted by Crippen LogP contribution is -2.20. The van der Waals surface area contributed by atoms with Crippen LogP contribution in [0.15, 0.2) is 53.3 Å². The summed E-state index contributed by atoms with van der Waals surface area (Å²) in [4.78, 5) is 16.7. The van der Waals surface area contributed by atoms with E-state index in [9.17, 15) is 9.18 Å². The Morgan fingerprint density at radius 3 is 2.47 bits per heavy atom. The van der Waals surface area contributed by atoms with E-state index < -0.39 is 0 Å². The largest absolute Gasteiger partial charge is 0.295 e. The maximum atomic E-state index is 12.9. The van der Waals surface area contributed by atoms with Gasteiger partial charge in [0.15, 0.2) is 0 Å². The number of nitrogens with zero attached hydrogens (tertiary/aromatic N) is 2. The minimum Gasteiger partial charge on any atom is -0.295 e. The quantitative estimate of drug-likeness (QED) is 0.669. The van der Waals surface area contributed by atoms with Crippen molar-refractivity contribution in [2.75, 3.05) is 0 Å². The topological polar surface area (TPSA) is 34.9 Å². The van der Waals surface area contributed by atoms with E-state index in [2.05, 4.69) is 4.98 Å². The minimum absolute atomic E-state index is 0.107. The van der Waals surface area contributed by atoms with Crippen molar-refractivity contribution in [3.05, 3.63) is 64.7 Å². The molecule has 19 heavy (non-hydrogen) atoms. The van der Waals surface area contributed by atoms with Gasteiger partial charge in [-0.3, -0.25) is 9.36 Å². The molecule has 1 aromatic heterocycles. The molecule has 0 bridgehead atoms. The Morgan fingerprint density at radius 2 is 1.74 bits per heavy atom. The molecular formula is C15H11FN2O. The fraction of sp³-hybridized carbons (Fsp3) is 0.0667. The average molecular weight is 254 g/mol. The number of fused-ring (bicyclic) bond motifs is 1. The number of para-hydroxylation sites is 1. The molecule has 0 N–H and O–H groups in total. The van der Waals surface area contributed by atoms with Crippen molar-refractivity contribution in [3.63, 3.8) is 0 Å². The van der Waals surface area contributed by atoms with Gasteiger partial charge < -0.3 is 0 Å². The van der Waals surface area contributed by atoms with Crippen LogP contribution in [0.2, 0.25) is 0 Å². The Bertz CT molecular complexity index is 806. The van der Waals surface area contributed by atoms with Crippen molar-refractivity contribution in [2.45, 2.75) is 0 Å². The van der Waals surface area contributed by atoms with E-state index in [0.717, 1.165) is 0 Å². The van der Waals surface area contributed by atoms with Crippen LogP contribution in [0.4, 0.5) is 4.39 Å². The van der Waals surface area contributed by atoms with E-state index in [1.54, 1.807) is 31.3 Å². The summed E-state index contributed by atoms with van der Waals surface area (Å²) in [6.07, 6.45) is 0. The SMILES string of the molecule is Cn1c(-c2ccc(F)cc2)nc2ccccc2c1=O. The van der Waals surface area contributed by atoms with Crippen molar-refractivity contribution >= 4 is 10.9 Å². The second-order valence-corrected chi connectivity index (χ2v) is 4.32. The molecule has 0 atom stereocenters. The molecule has 0 spiro atoms. The first kappa shape index (κ1) is 11.6. The lowest BCUT2D eigenvalue weighted by atomic mass is 10.2. The van der Waals surface area contributed by atoms with Crippen LogP contribution >= 0.6 is 0 Å². The first-order valence-electron chi connectivity index (χ1n) is 5.88. The van der Waals surface area contributed by atoms with Crippen molar-refractivity contribution in [3.8, 4) is 11.4 Å². The predicted octanol–water partition coefficient (Wildman–Crippen LogP) is 2.74. The van der Waals surface area contributed by atoms with Crippen LogP contribution in [0.5, 0.6) is 0 Å². The summed E-state index contributed by atoms with van der Waals surface area (Å²) in [6, 6.07) is 13.1. The molecule has 0 aliphatic carbocycles. The molecule has 2 aromatic carbocycles. The first-order valence-corrected chi connectivity index (χ1v) is 5.88. The van der Waals surface area contributed by atoms with Crippen LogP contribution < -0.4 is 5.56 Å². The summed E-state index contributed by atoms with van der Waals surface area (Å²) in [6.45, 7) is 0. The lowest BCUT2D eigenvalue weighted by Gasteiger charge is -2.09. The van der Waals surface area contributed by atoms with E-state index in [1.165, 1.54) is 16.7 Å². The summed E-state index contributed by atoms with van der Waals surface area (Å²) >= 11 is 0. The van der Waals surface area contributed by atoms with Crippen LogP contribution in [0.1, 0.15) is 0 Å². The third-order valence-corrected chi connectivity index (χ3v) is 3.09. The van der Waals surface area contributed by atoms with Crippen molar-refractivity contribution in [1.82, 2.24) is 9.55 Å². The van der Waals surface area contributed by atoms with Gasteiger partial charge in [0.25, 0.3) is 5.56 Å². The van der Waals surface area contributed by atoms with Crippen molar-refractivity contribution < 1.29 is 4.39 Å². The normalized spacial score (nSPS) is 10.8. The highest BCUT2D eigenvalue weighted by Crippen LogP contribution is 2.18. The molecule has 0 fully saturated rings. The van der Waals surface area contributed by atoms with Gasteiger partial charge in [-0.05, 0) is 36.4 Å². The molecule has 1 heterocycles. The highest BCUT2D eigenvalue weighted by molar-refractivity contribution is 5.79. The van der Waals surface area contributed by atoms with Crippen LogP contribution in [0.3, 0.4) is 0 Å². The molecule has 3 nitrogen and oxygen atoms in total. The van der Waals surface area contributed by atoms with Gasteiger partial charge in [-0.15, -0.1) is 0 Å². The molecule has 3 rings (SSSR count). The Morgan fingerprint density at radius 1 is 1.05 bits per heavy atom. The first-order chi connectivity index (χ1) is 9.16. The van der Waals surface area contributed by atoms with Crippen LogP contribution in [0, 0.1) is 5.82 Å². The molecule has 0 amide bonds. The Labute approximate surface area is 109 Å². The third kappa shape index (κ3) is 1.91. The van der Waals surface area contributed by atoms with Gasteiger partial charge in [-0.1, -0.05) is 12.1 Å². The maximum Gasteiger partial charge on any atom is 0.261 e. The number of halogens is 1. The molecule has 0 saturated carbocycles. The Hall–Kier alpha value is -2.49. The van der Waals surface area contributed by atoms with E-state index in [4.69, 9.17) is 0 Å². The zero-order chi connectivity index (χ0) is 13.4. The van der Waals surface area contributed by atoms with Crippen molar-refractivity contribution in [1.29, 1.82) is 0 Å². The fourth-order valence-corrected chi connectivity index (χ4v) is 2.08. The Balaban J connectivity index is 2.33. The van der Waals surface area contributed by atoms with Crippen LogP contribution in [0.25, 0.3) is 22.3 Å². The standard InChI is InChI=1S/C15H11FN2O/c1-18-14(10-6-8-11(16)9-7-10)17-13-5-3-2-4-12(13)15(18)19/h2-9H,1H3. The average Bonchev–Trinajstić information content (AvgIpc) is 2.44. The molecule has 0 aliphatic rings. The third-order valence-electron chi connectivity index (χ3n) is 3.09. The van der Waals surface area contributed by atoms with Gasteiger partial charge in [-0.25, -0.2) is 9.37 Å². The predicted molar refractivity (Wildman–Crippen MR) is 72.4 cm³/mol. The van der Waals surface area contributed by atoms with Gasteiger partial charge in [0, 0.05) is 12.6 Å². The summed E-state index contributed by atoms with van der Waals surface area (Å²) in [5.41, 5.74) is 1.25. The molecule has 94 valence electrons. The molecular weight excluding hydrogens is 243 g/mol. The van der Waals surface area contributed by atoms with Crippen molar-refractivity contribution in [2.24, 2.45) is 7.05 Å². The number of rotatable bonds is 1. The summed E-state index contributed by atoms with van der Waals surface area (Å²) in [7, 11) is 1.67.